The van der Waals surface area contributed by atoms with Gasteiger partial charge in [-0.05, 0) is 6.08 Å². The minimum absolute atomic E-state index is 0.179. The summed E-state index contributed by atoms with van der Waals surface area (Å²) in [6.45, 7) is 13.1. The molecule has 2 aliphatic rings. The maximum atomic E-state index is 11.4. The van der Waals surface area contributed by atoms with Crippen LogP contribution in [0.25, 0.3) is 0 Å². The Morgan fingerprint density at radius 2 is 1.87 bits per heavy atom. The Bertz CT molecular complexity index is 467. The van der Waals surface area contributed by atoms with Gasteiger partial charge in [-0.3, -0.25) is 5.21 Å². The molecule has 0 saturated carbocycles. The van der Waals surface area contributed by atoms with Gasteiger partial charge in [-0.1, -0.05) is 41.5 Å². The molecule has 2 rings (SSSR count). The van der Waals surface area contributed by atoms with E-state index >= 15 is 0 Å². The SMILES string of the molecule is CC(C)(C)[Si]1(C(C)(C)C)OC[C@H]2OC=C[C@@H](OC(=O)NO)[C@@H]2O1. The largest absolute Gasteiger partial charge is 0.493 e. The number of hydrogen-bond donors (Lipinski definition) is 2. The van der Waals surface area contributed by atoms with E-state index in [-0.39, 0.29) is 16.2 Å². The maximum Gasteiger partial charge on any atom is 0.431 e. The van der Waals surface area contributed by atoms with Crippen molar-refractivity contribution in [3.8, 4) is 0 Å². The van der Waals surface area contributed by atoms with Crippen LogP contribution in [0.3, 0.4) is 0 Å². The number of ether oxygens (including phenoxy) is 2. The highest BCUT2D eigenvalue weighted by Gasteiger charge is 2.63. The molecule has 132 valence electrons. The molecule has 0 aromatic carbocycles. The van der Waals surface area contributed by atoms with Gasteiger partial charge in [0, 0.05) is 10.1 Å². The summed E-state index contributed by atoms with van der Waals surface area (Å²) < 4.78 is 23.6. The van der Waals surface area contributed by atoms with E-state index in [0.29, 0.717) is 6.61 Å². The molecule has 0 unspecified atom stereocenters. The monoisotopic (exact) mass is 345 g/mol. The topological polar surface area (TPSA) is 86.3 Å². The van der Waals surface area contributed by atoms with Crippen LogP contribution in [-0.4, -0.2) is 44.8 Å². The fraction of sp³-hybridized carbons (Fsp3) is 0.800. The second-order valence-electron chi connectivity index (χ2n) is 7.99. The lowest BCUT2D eigenvalue weighted by molar-refractivity contribution is -0.125. The summed E-state index contributed by atoms with van der Waals surface area (Å²) in [5.41, 5.74) is 1.48. The van der Waals surface area contributed by atoms with Crippen molar-refractivity contribution in [2.24, 2.45) is 0 Å². The Hall–Kier alpha value is -1.09. The van der Waals surface area contributed by atoms with Crippen LogP contribution < -0.4 is 5.48 Å². The summed E-state index contributed by atoms with van der Waals surface area (Å²) >= 11 is 0. The van der Waals surface area contributed by atoms with Crippen molar-refractivity contribution in [2.75, 3.05) is 6.61 Å². The van der Waals surface area contributed by atoms with Crippen molar-refractivity contribution in [3.63, 3.8) is 0 Å². The number of hydroxylamine groups is 1. The summed E-state index contributed by atoms with van der Waals surface area (Å²) in [5, 5.41) is 8.33. The van der Waals surface area contributed by atoms with Gasteiger partial charge in [-0.15, -0.1) is 0 Å². The van der Waals surface area contributed by atoms with E-state index in [2.05, 4.69) is 41.5 Å². The summed E-state index contributed by atoms with van der Waals surface area (Å²) in [6, 6.07) is 0. The quantitative estimate of drug-likeness (QED) is 0.432. The predicted octanol–water partition coefficient (Wildman–Crippen LogP) is 2.84. The van der Waals surface area contributed by atoms with E-state index in [1.165, 1.54) is 11.7 Å². The van der Waals surface area contributed by atoms with Crippen molar-refractivity contribution < 1.29 is 28.3 Å². The van der Waals surface area contributed by atoms with Gasteiger partial charge in [0.2, 0.25) is 0 Å². The third kappa shape index (κ3) is 3.26. The molecule has 0 radical (unpaired) electrons. The molecule has 1 saturated heterocycles. The number of hydrogen-bond acceptors (Lipinski definition) is 6. The second-order valence-corrected chi connectivity index (χ2v) is 12.8. The van der Waals surface area contributed by atoms with E-state index in [0.717, 1.165) is 0 Å². The lowest BCUT2D eigenvalue weighted by Gasteiger charge is -2.55. The molecule has 8 heteroatoms. The van der Waals surface area contributed by atoms with Crippen LogP contribution in [0.2, 0.25) is 10.1 Å². The third-order valence-electron chi connectivity index (χ3n) is 4.27. The van der Waals surface area contributed by atoms with Gasteiger partial charge in [0.25, 0.3) is 0 Å². The second kappa shape index (κ2) is 6.08. The van der Waals surface area contributed by atoms with Gasteiger partial charge >= 0.3 is 14.7 Å². The van der Waals surface area contributed by atoms with Gasteiger partial charge in [0.15, 0.2) is 6.10 Å². The lowest BCUT2D eigenvalue weighted by atomic mass is 10.1. The minimum Gasteiger partial charge on any atom is -0.493 e. The number of amides is 1. The van der Waals surface area contributed by atoms with E-state index in [4.69, 9.17) is 23.5 Å². The van der Waals surface area contributed by atoms with Crippen LogP contribution in [0.4, 0.5) is 4.79 Å². The lowest BCUT2D eigenvalue weighted by Crippen LogP contribution is -2.67. The highest BCUT2D eigenvalue weighted by molar-refractivity contribution is 6.73. The highest BCUT2D eigenvalue weighted by atomic mass is 28.4. The normalized spacial score (nSPS) is 30.1. The highest BCUT2D eigenvalue weighted by Crippen LogP contribution is 2.54. The average molecular weight is 345 g/mol. The van der Waals surface area contributed by atoms with Crippen molar-refractivity contribution in [1.82, 2.24) is 5.48 Å². The Balaban J connectivity index is 2.32. The van der Waals surface area contributed by atoms with Crippen molar-refractivity contribution in [2.45, 2.75) is 69.9 Å². The molecule has 23 heavy (non-hydrogen) atoms. The molecule has 0 aromatic heterocycles. The van der Waals surface area contributed by atoms with E-state index in [9.17, 15) is 4.79 Å². The molecule has 1 fully saturated rings. The van der Waals surface area contributed by atoms with Gasteiger partial charge in [0.1, 0.15) is 12.2 Å². The molecule has 0 spiro atoms. The first kappa shape index (κ1) is 18.2. The molecule has 3 atom stereocenters. The number of fused-ring (bicyclic) bond motifs is 1. The van der Waals surface area contributed by atoms with Gasteiger partial charge in [-0.2, -0.15) is 0 Å². The van der Waals surface area contributed by atoms with Crippen molar-refractivity contribution >= 4 is 14.7 Å². The van der Waals surface area contributed by atoms with Crippen LogP contribution >= 0.6 is 0 Å². The van der Waals surface area contributed by atoms with Gasteiger partial charge in [0.05, 0.1) is 12.9 Å². The summed E-state index contributed by atoms with van der Waals surface area (Å²) in [6.07, 6.45) is 0.728. The number of carbonyl (C=O) groups excluding carboxylic acids is 1. The first-order valence-electron chi connectivity index (χ1n) is 7.76. The minimum atomic E-state index is -2.69. The summed E-state index contributed by atoms with van der Waals surface area (Å²) in [5.74, 6) is 0. The predicted molar refractivity (Wildman–Crippen MR) is 85.2 cm³/mol. The molecular weight excluding hydrogens is 318 g/mol. The van der Waals surface area contributed by atoms with Crippen LogP contribution in [0.1, 0.15) is 41.5 Å². The van der Waals surface area contributed by atoms with Crippen LogP contribution in [0.5, 0.6) is 0 Å². The Kier molecular flexibility index (Phi) is 4.83. The van der Waals surface area contributed by atoms with Crippen LogP contribution in [0, 0.1) is 0 Å². The molecule has 7 nitrogen and oxygen atoms in total. The first-order chi connectivity index (χ1) is 10.5. The zero-order chi connectivity index (χ0) is 17.5. The zero-order valence-electron chi connectivity index (χ0n) is 14.6. The number of nitrogens with one attached hydrogen (secondary N) is 1. The average Bonchev–Trinajstić information content (AvgIpc) is 2.44. The maximum absolute atomic E-state index is 11.4. The van der Waals surface area contributed by atoms with Crippen molar-refractivity contribution in [1.29, 1.82) is 0 Å². The standard InChI is InChI=1S/C15H27NO6Si/c1-14(2,3)23(15(4,5)6)20-9-11-12(22-23)10(7-8-19-11)21-13(17)16-18/h7-8,10-12,18H,9H2,1-6H3,(H,16,17)/t10-,11-,12+/m1/s1. The molecule has 1 amide bonds. The third-order valence-corrected chi connectivity index (χ3v) is 9.40. The molecule has 2 N–H and O–H groups in total. The fourth-order valence-electron chi connectivity index (χ4n) is 3.49. The Morgan fingerprint density at radius 1 is 1.26 bits per heavy atom. The molecule has 0 aliphatic carbocycles. The number of rotatable bonds is 1. The van der Waals surface area contributed by atoms with E-state index in [1.54, 1.807) is 6.08 Å². The Morgan fingerprint density at radius 3 is 2.39 bits per heavy atom. The van der Waals surface area contributed by atoms with Gasteiger partial charge < -0.3 is 18.3 Å². The van der Waals surface area contributed by atoms with E-state index < -0.39 is 26.9 Å². The summed E-state index contributed by atoms with van der Waals surface area (Å²) in [7, 11) is -2.69. The molecule has 0 bridgehead atoms. The fourth-order valence-corrected chi connectivity index (χ4v) is 8.45. The van der Waals surface area contributed by atoms with Gasteiger partial charge in [-0.25, -0.2) is 10.3 Å². The molecular formula is C15H27NO6Si. The molecule has 2 heterocycles. The Labute approximate surface area is 138 Å². The summed E-state index contributed by atoms with van der Waals surface area (Å²) in [4.78, 5) is 11.4. The number of carbonyl (C=O) groups is 1. The van der Waals surface area contributed by atoms with E-state index in [1.807, 2.05) is 0 Å². The van der Waals surface area contributed by atoms with Crippen molar-refractivity contribution in [3.05, 3.63) is 12.3 Å². The molecule has 0 aromatic rings. The smallest absolute Gasteiger partial charge is 0.431 e. The van der Waals surface area contributed by atoms with Crippen LogP contribution in [0.15, 0.2) is 12.3 Å². The zero-order valence-corrected chi connectivity index (χ0v) is 15.6. The molecule has 2 aliphatic heterocycles. The van der Waals surface area contributed by atoms with Crippen LogP contribution in [-0.2, 0) is 18.3 Å². The first-order valence-corrected chi connectivity index (χ1v) is 9.58.